The van der Waals surface area contributed by atoms with Crippen LogP contribution in [0.1, 0.15) is 74.1 Å². The van der Waals surface area contributed by atoms with Crippen LogP contribution in [0.5, 0.6) is 0 Å². The summed E-state index contributed by atoms with van der Waals surface area (Å²) in [6.45, 7) is 5.63. The van der Waals surface area contributed by atoms with Crippen LogP contribution in [0.3, 0.4) is 0 Å². The molecule has 1 fully saturated rings. The lowest BCUT2D eigenvalue weighted by molar-refractivity contribution is 0.359. The van der Waals surface area contributed by atoms with E-state index in [1.165, 1.54) is 56.2 Å². The predicted molar refractivity (Wildman–Crippen MR) is 85.9 cm³/mol. The number of aryl methyl sites for hydroxylation is 1. The van der Waals surface area contributed by atoms with Crippen molar-refractivity contribution in [2.75, 3.05) is 6.54 Å². The molecular formula is C17H29NS. The normalized spacial score (nSPS) is 19.3. The fourth-order valence-electron chi connectivity index (χ4n) is 3.19. The van der Waals surface area contributed by atoms with Gasteiger partial charge in [-0.15, -0.1) is 11.3 Å². The van der Waals surface area contributed by atoms with E-state index in [2.05, 4.69) is 31.3 Å². The molecule has 0 saturated heterocycles. The molecule has 0 aliphatic heterocycles. The Labute approximate surface area is 122 Å². The molecule has 2 heteroatoms. The zero-order valence-corrected chi connectivity index (χ0v) is 13.4. The highest BCUT2D eigenvalue weighted by atomic mass is 32.1. The Morgan fingerprint density at radius 1 is 1.21 bits per heavy atom. The summed E-state index contributed by atoms with van der Waals surface area (Å²) in [6, 6.07) is 5.21. The maximum Gasteiger partial charge on any atom is 0.0417 e. The molecule has 19 heavy (non-hydrogen) atoms. The summed E-state index contributed by atoms with van der Waals surface area (Å²) in [6.07, 6.45) is 11.3. The third-order valence-corrected chi connectivity index (χ3v) is 5.40. The van der Waals surface area contributed by atoms with Crippen molar-refractivity contribution in [3.8, 4) is 0 Å². The fourth-order valence-corrected chi connectivity index (χ4v) is 4.16. The molecule has 0 bridgehead atoms. The van der Waals surface area contributed by atoms with Crippen LogP contribution in [0.4, 0.5) is 0 Å². The molecule has 1 nitrogen and oxygen atoms in total. The molecule has 0 amide bonds. The Morgan fingerprint density at radius 2 is 1.95 bits per heavy atom. The fraction of sp³-hybridized carbons (Fsp3) is 0.765. The summed E-state index contributed by atoms with van der Waals surface area (Å²) in [5.74, 6) is 0.944. The second-order valence-corrected chi connectivity index (χ2v) is 7.37. The van der Waals surface area contributed by atoms with Crippen LogP contribution in [-0.4, -0.2) is 6.54 Å². The zero-order valence-electron chi connectivity index (χ0n) is 12.6. The summed E-state index contributed by atoms with van der Waals surface area (Å²) in [4.78, 5) is 2.99. The predicted octanol–water partition coefficient (Wildman–Crippen LogP) is 5.46. The minimum atomic E-state index is 0.599. The largest absolute Gasteiger partial charge is 0.309 e. The molecule has 0 spiro atoms. The smallest absolute Gasteiger partial charge is 0.0417 e. The molecule has 1 atom stereocenters. The number of hydrogen-bond acceptors (Lipinski definition) is 2. The molecule has 1 aromatic rings. The van der Waals surface area contributed by atoms with E-state index in [-0.39, 0.29) is 0 Å². The van der Waals surface area contributed by atoms with Gasteiger partial charge in [0.1, 0.15) is 0 Å². The van der Waals surface area contributed by atoms with Gasteiger partial charge < -0.3 is 5.32 Å². The maximum absolute atomic E-state index is 3.78. The van der Waals surface area contributed by atoms with Gasteiger partial charge in [0, 0.05) is 15.8 Å². The summed E-state index contributed by atoms with van der Waals surface area (Å²) < 4.78 is 0. The second kappa shape index (κ2) is 8.06. The lowest BCUT2D eigenvalue weighted by Gasteiger charge is -2.23. The van der Waals surface area contributed by atoms with E-state index in [4.69, 9.17) is 0 Å². The van der Waals surface area contributed by atoms with Gasteiger partial charge in [0.15, 0.2) is 0 Å². The highest BCUT2D eigenvalue weighted by Crippen LogP contribution is 2.33. The van der Waals surface area contributed by atoms with Crippen LogP contribution in [0, 0.1) is 12.8 Å². The van der Waals surface area contributed by atoms with Gasteiger partial charge >= 0.3 is 0 Å². The molecule has 1 N–H and O–H groups in total. The van der Waals surface area contributed by atoms with Crippen molar-refractivity contribution in [3.63, 3.8) is 0 Å². The summed E-state index contributed by atoms with van der Waals surface area (Å²) in [7, 11) is 0. The van der Waals surface area contributed by atoms with E-state index in [1.54, 1.807) is 4.88 Å². The molecule has 1 aliphatic rings. The van der Waals surface area contributed by atoms with Crippen molar-refractivity contribution < 1.29 is 0 Å². The summed E-state index contributed by atoms with van der Waals surface area (Å²) >= 11 is 1.98. The van der Waals surface area contributed by atoms with E-state index < -0.39 is 0 Å². The molecule has 1 aromatic heterocycles. The van der Waals surface area contributed by atoms with E-state index in [0.717, 1.165) is 12.5 Å². The van der Waals surface area contributed by atoms with Crippen LogP contribution >= 0.6 is 11.3 Å². The molecular weight excluding hydrogens is 250 g/mol. The van der Waals surface area contributed by atoms with Gasteiger partial charge in [0.25, 0.3) is 0 Å². The van der Waals surface area contributed by atoms with E-state index in [0.29, 0.717) is 6.04 Å². The van der Waals surface area contributed by atoms with Crippen LogP contribution < -0.4 is 5.32 Å². The van der Waals surface area contributed by atoms with Gasteiger partial charge in [-0.25, -0.2) is 0 Å². The number of nitrogens with one attached hydrogen (secondary N) is 1. The van der Waals surface area contributed by atoms with Crippen molar-refractivity contribution in [2.24, 2.45) is 5.92 Å². The molecule has 1 unspecified atom stereocenters. The van der Waals surface area contributed by atoms with Gasteiger partial charge in [-0.1, -0.05) is 45.4 Å². The highest BCUT2D eigenvalue weighted by molar-refractivity contribution is 7.12. The van der Waals surface area contributed by atoms with Crippen LogP contribution in [0.25, 0.3) is 0 Å². The Hall–Kier alpha value is -0.340. The van der Waals surface area contributed by atoms with Gasteiger partial charge in [0.2, 0.25) is 0 Å². The number of thiophene rings is 1. The number of rotatable bonds is 6. The van der Waals surface area contributed by atoms with Crippen LogP contribution in [0.15, 0.2) is 12.1 Å². The minimum absolute atomic E-state index is 0.599. The zero-order chi connectivity index (χ0) is 13.5. The first-order valence-corrected chi connectivity index (χ1v) is 8.91. The molecule has 1 aliphatic carbocycles. The van der Waals surface area contributed by atoms with E-state index in [1.807, 2.05) is 11.3 Å². The Kier molecular flexibility index (Phi) is 6.39. The monoisotopic (exact) mass is 279 g/mol. The van der Waals surface area contributed by atoms with Crippen LogP contribution in [0.2, 0.25) is 0 Å². The standard InChI is InChI=1S/C17H29NS/c1-3-12-18-16(17-11-10-14(2)19-17)13-15-8-6-4-5-7-9-15/h10-11,15-16,18H,3-9,12-13H2,1-2H3. The molecule has 108 valence electrons. The lowest BCUT2D eigenvalue weighted by atomic mass is 9.92. The first-order chi connectivity index (χ1) is 9.29. The second-order valence-electron chi connectivity index (χ2n) is 6.05. The molecule has 1 heterocycles. The maximum atomic E-state index is 3.78. The Balaban J connectivity index is 1.96. The van der Waals surface area contributed by atoms with E-state index >= 15 is 0 Å². The van der Waals surface area contributed by atoms with Gasteiger partial charge in [-0.05, 0) is 44.4 Å². The molecule has 0 aromatic carbocycles. The molecule has 2 rings (SSSR count). The molecule has 0 radical (unpaired) electrons. The van der Waals surface area contributed by atoms with Crippen LogP contribution in [-0.2, 0) is 0 Å². The average molecular weight is 279 g/mol. The van der Waals surface area contributed by atoms with Gasteiger partial charge in [-0.3, -0.25) is 0 Å². The Bertz CT molecular complexity index is 350. The summed E-state index contributed by atoms with van der Waals surface area (Å²) in [5, 5.41) is 3.78. The van der Waals surface area contributed by atoms with Crippen molar-refractivity contribution in [2.45, 2.75) is 71.3 Å². The first-order valence-electron chi connectivity index (χ1n) is 8.09. The van der Waals surface area contributed by atoms with Crippen molar-refractivity contribution in [1.29, 1.82) is 0 Å². The van der Waals surface area contributed by atoms with Gasteiger partial charge in [0.05, 0.1) is 0 Å². The first kappa shape index (κ1) is 15.1. The lowest BCUT2D eigenvalue weighted by Crippen LogP contribution is -2.23. The van der Waals surface area contributed by atoms with Gasteiger partial charge in [-0.2, -0.15) is 0 Å². The van der Waals surface area contributed by atoms with Crippen molar-refractivity contribution in [1.82, 2.24) is 5.32 Å². The molecule has 1 saturated carbocycles. The van der Waals surface area contributed by atoms with Crippen molar-refractivity contribution in [3.05, 3.63) is 21.9 Å². The quantitative estimate of drug-likeness (QED) is 0.682. The number of hydrogen-bond donors (Lipinski definition) is 1. The topological polar surface area (TPSA) is 12.0 Å². The third-order valence-electron chi connectivity index (χ3n) is 4.29. The third kappa shape index (κ3) is 4.92. The Morgan fingerprint density at radius 3 is 2.53 bits per heavy atom. The minimum Gasteiger partial charge on any atom is -0.309 e. The SMILES string of the molecule is CCCNC(CC1CCCCCC1)c1ccc(C)s1. The average Bonchev–Trinajstić information content (AvgIpc) is 2.68. The highest BCUT2D eigenvalue weighted by Gasteiger charge is 2.20. The van der Waals surface area contributed by atoms with Crippen molar-refractivity contribution >= 4 is 11.3 Å². The summed E-state index contributed by atoms with van der Waals surface area (Å²) in [5.41, 5.74) is 0. The van der Waals surface area contributed by atoms with E-state index in [9.17, 15) is 0 Å².